The number of aliphatic hydroxyl groups excluding tert-OH is 1. The van der Waals surface area contributed by atoms with E-state index in [0.717, 1.165) is 40.9 Å². The van der Waals surface area contributed by atoms with Crippen LogP contribution in [0.5, 0.6) is 0 Å². The fourth-order valence-electron chi connectivity index (χ4n) is 4.14. The van der Waals surface area contributed by atoms with Crippen LogP contribution in [0.15, 0.2) is 54.7 Å². The van der Waals surface area contributed by atoms with Crippen molar-refractivity contribution in [1.29, 1.82) is 0 Å². The average Bonchev–Trinajstić information content (AvgIpc) is 3.20. The summed E-state index contributed by atoms with van der Waals surface area (Å²) in [5.41, 5.74) is 6.04. The minimum Gasteiger partial charge on any atom is -0.392 e. The van der Waals surface area contributed by atoms with Crippen molar-refractivity contribution in [3.8, 4) is 5.69 Å². The van der Waals surface area contributed by atoms with Gasteiger partial charge >= 0.3 is 0 Å². The van der Waals surface area contributed by atoms with Crippen LogP contribution in [0.3, 0.4) is 0 Å². The van der Waals surface area contributed by atoms with Gasteiger partial charge in [0.1, 0.15) is 0 Å². The molecular weight excluding hydrogens is 362 g/mol. The van der Waals surface area contributed by atoms with Crippen molar-refractivity contribution in [2.24, 2.45) is 0 Å². The van der Waals surface area contributed by atoms with Gasteiger partial charge in [0.15, 0.2) is 0 Å². The highest BCUT2D eigenvalue weighted by atomic mass is 16.3. The van der Waals surface area contributed by atoms with E-state index in [2.05, 4.69) is 12.0 Å². The first-order valence-electron chi connectivity index (χ1n) is 10.2. The van der Waals surface area contributed by atoms with Gasteiger partial charge in [-0.05, 0) is 62.1 Å². The predicted molar refractivity (Wildman–Crippen MR) is 113 cm³/mol. The molecule has 1 aromatic heterocycles. The van der Waals surface area contributed by atoms with Crippen LogP contribution >= 0.6 is 0 Å². The van der Waals surface area contributed by atoms with E-state index in [1.54, 1.807) is 6.20 Å². The van der Waals surface area contributed by atoms with Crippen LogP contribution in [0.25, 0.3) is 5.69 Å². The third-order valence-corrected chi connectivity index (χ3v) is 5.98. The first kappa shape index (κ1) is 19.4. The van der Waals surface area contributed by atoms with Crippen LogP contribution in [-0.2, 0) is 6.61 Å². The van der Waals surface area contributed by atoms with E-state index in [4.69, 9.17) is 0 Å². The Morgan fingerprint density at radius 1 is 1.07 bits per heavy atom. The summed E-state index contributed by atoms with van der Waals surface area (Å²) in [6.45, 7) is 5.50. The van der Waals surface area contributed by atoms with Crippen LogP contribution in [0.2, 0.25) is 0 Å². The zero-order chi connectivity index (χ0) is 20.4. The number of amides is 1. The highest BCUT2D eigenvalue weighted by Crippen LogP contribution is 2.32. The van der Waals surface area contributed by atoms with Crippen molar-refractivity contribution in [3.63, 3.8) is 0 Å². The monoisotopic (exact) mass is 389 g/mol. The summed E-state index contributed by atoms with van der Waals surface area (Å²) in [5.74, 6) is 0.370. The third kappa shape index (κ3) is 3.83. The number of hydrogen-bond donors (Lipinski definition) is 1. The molecule has 1 fully saturated rings. The Balaban J connectivity index is 1.52. The molecule has 150 valence electrons. The molecule has 1 N–H and O–H groups in total. The third-order valence-electron chi connectivity index (χ3n) is 5.98. The van der Waals surface area contributed by atoms with E-state index in [0.29, 0.717) is 13.1 Å². The molecule has 2 aromatic carbocycles. The van der Waals surface area contributed by atoms with E-state index >= 15 is 0 Å². The summed E-state index contributed by atoms with van der Waals surface area (Å²) in [5, 5.41) is 14.4. The summed E-state index contributed by atoms with van der Waals surface area (Å²) in [6.07, 6.45) is 3.49. The maximum Gasteiger partial charge on any atom is 0.253 e. The second-order valence-corrected chi connectivity index (χ2v) is 7.83. The number of piperidine rings is 1. The van der Waals surface area contributed by atoms with Crippen molar-refractivity contribution in [2.75, 3.05) is 13.1 Å². The van der Waals surface area contributed by atoms with Crippen LogP contribution in [0.1, 0.15) is 51.5 Å². The Labute approximate surface area is 171 Å². The quantitative estimate of drug-likeness (QED) is 0.734. The van der Waals surface area contributed by atoms with Gasteiger partial charge in [0.2, 0.25) is 0 Å². The molecule has 0 bridgehead atoms. The highest BCUT2D eigenvalue weighted by Gasteiger charge is 2.28. The van der Waals surface area contributed by atoms with Crippen molar-refractivity contribution in [1.82, 2.24) is 14.7 Å². The van der Waals surface area contributed by atoms with Gasteiger partial charge in [-0.25, -0.2) is 4.68 Å². The maximum atomic E-state index is 12.9. The van der Waals surface area contributed by atoms with Gasteiger partial charge in [-0.15, -0.1) is 0 Å². The second kappa shape index (κ2) is 8.21. The zero-order valence-electron chi connectivity index (χ0n) is 17.0. The molecule has 4 rings (SSSR count). The number of carbonyl (C=O) groups excluding carboxylic acids is 1. The molecule has 0 unspecified atom stereocenters. The van der Waals surface area contributed by atoms with E-state index < -0.39 is 0 Å². The lowest BCUT2D eigenvalue weighted by molar-refractivity contribution is 0.0711. The van der Waals surface area contributed by atoms with Gasteiger partial charge in [0, 0.05) is 30.1 Å². The molecule has 29 heavy (non-hydrogen) atoms. The Morgan fingerprint density at radius 3 is 2.45 bits per heavy atom. The van der Waals surface area contributed by atoms with Crippen LogP contribution in [0, 0.1) is 13.8 Å². The van der Waals surface area contributed by atoms with Gasteiger partial charge < -0.3 is 10.0 Å². The number of para-hydroxylation sites is 1. The van der Waals surface area contributed by atoms with Gasteiger partial charge in [0.25, 0.3) is 5.91 Å². The lowest BCUT2D eigenvalue weighted by Gasteiger charge is -2.33. The number of aromatic nitrogens is 2. The molecule has 0 spiro atoms. The Bertz CT molecular complexity index is 1000. The average molecular weight is 389 g/mol. The van der Waals surface area contributed by atoms with E-state index in [1.165, 1.54) is 5.56 Å². The minimum atomic E-state index is -0.0239. The smallest absolute Gasteiger partial charge is 0.253 e. The molecule has 1 amide bonds. The number of likely N-dealkylation sites (tertiary alicyclic amines) is 1. The van der Waals surface area contributed by atoms with E-state index in [9.17, 15) is 9.90 Å². The summed E-state index contributed by atoms with van der Waals surface area (Å²) in [7, 11) is 0. The van der Waals surface area contributed by atoms with Crippen molar-refractivity contribution in [2.45, 2.75) is 39.2 Å². The fraction of sp³-hybridized carbons (Fsp3) is 0.333. The largest absolute Gasteiger partial charge is 0.392 e. The zero-order valence-corrected chi connectivity index (χ0v) is 17.0. The summed E-state index contributed by atoms with van der Waals surface area (Å²) < 4.78 is 1.94. The molecule has 5 nitrogen and oxygen atoms in total. The summed E-state index contributed by atoms with van der Waals surface area (Å²) >= 11 is 0. The SMILES string of the molecule is Cc1ccc(C(=O)N2CCC(c3c(CO)cnn3-c3ccccc3)CC2)cc1C. The number of nitrogens with zero attached hydrogens (tertiary/aromatic N) is 3. The predicted octanol–water partition coefficient (Wildman–Crippen LogP) is 4.00. The number of aliphatic hydroxyl groups is 1. The normalized spacial score (nSPS) is 14.9. The van der Waals surface area contributed by atoms with Crippen molar-refractivity contribution >= 4 is 5.91 Å². The van der Waals surface area contributed by atoms with E-state index in [1.807, 2.05) is 65.0 Å². The molecular formula is C24H27N3O2. The second-order valence-electron chi connectivity index (χ2n) is 7.83. The topological polar surface area (TPSA) is 58.4 Å². The Morgan fingerprint density at radius 2 is 1.79 bits per heavy atom. The van der Waals surface area contributed by atoms with E-state index in [-0.39, 0.29) is 18.4 Å². The first-order chi connectivity index (χ1) is 14.1. The van der Waals surface area contributed by atoms with Gasteiger partial charge in [-0.2, -0.15) is 5.10 Å². The molecule has 3 aromatic rings. The molecule has 0 saturated carbocycles. The van der Waals surface area contributed by atoms with Crippen LogP contribution in [-0.4, -0.2) is 38.8 Å². The Hall–Kier alpha value is -2.92. The molecule has 1 saturated heterocycles. The molecule has 0 aliphatic carbocycles. The fourth-order valence-corrected chi connectivity index (χ4v) is 4.14. The van der Waals surface area contributed by atoms with Crippen molar-refractivity contribution in [3.05, 3.63) is 82.7 Å². The first-order valence-corrected chi connectivity index (χ1v) is 10.2. The van der Waals surface area contributed by atoms with Crippen molar-refractivity contribution < 1.29 is 9.90 Å². The number of benzene rings is 2. The minimum absolute atomic E-state index is 0.0239. The molecule has 1 aliphatic rings. The molecule has 0 radical (unpaired) electrons. The highest BCUT2D eigenvalue weighted by molar-refractivity contribution is 5.94. The van der Waals surface area contributed by atoms with Crippen LogP contribution in [0.4, 0.5) is 0 Å². The molecule has 2 heterocycles. The number of rotatable bonds is 4. The lowest BCUT2D eigenvalue weighted by atomic mass is 9.90. The Kier molecular flexibility index (Phi) is 5.49. The lowest BCUT2D eigenvalue weighted by Crippen LogP contribution is -2.38. The van der Waals surface area contributed by atoms with Gasteiger partial charge in [-0.3, -0.25) is 4.79 Å². The van der Waals surface area contributed by atoms with Gasteiger partial charge in [0.05, 0.1) is 24.2 Å². The number of hydrogen-bond acceptors (Lipinski definition) is 3. The summed E-state index contributed by atoms with van der Waals surface area (Å²) in [6, 6.07) is 15.9. The molecule has 5 heteroatoms. The molecule has 1 aliphatic heterocycles. The number of carbonyl (C=O) groups is 1. The summed E-state index contributed by atoms with van der Waals surface area (Å²) in [4.78, 5) is 14.9. The standard InChI is InChI=1S/C24H27N3O2/c1-17-8-9-20(14-18(17)2)24(29)26-12-10-19(11-13-26)23-21(16-28)15-25-27(23)22-6-4-3-5-7-22/h3-9,14-15,19,28H,10-13,16H2,1-2H3. The number of aryl methyl sites for hydroxylation is 2. The van der Waals surface area contributed by atoms with Crippen LogP contribution < -0.4 is 0 Å². The molecule has 0 atom stereocenters. The van der Waals surface area contributed by atoms with Gasteiger partial charge in [-0.1, -0.05) is 24.3 Å². The maximum absolute atomic E-state index is 12.9.